The summed E-state index contributed by atoms with van der Waals surface area (Å²) in [6.07, 6.45) is 0. The lowest BCUT2D eigenvalue weighted by Crippen LogP contribution is -2.09. The molecule has 0 spiro atoms. The molecular weight excluding hydrogens is 308 g/mol. The van der Waals surface area contributed by atoms with Crippen LogP contribution in [0.4, 0.5) is 5.69 Å². The van der Waals surface area contributed by atoms with Gasteiger partial charge in [0.1, 0.15) is 5.71 Å². The van der Waals surface area contributed by atoms with Crippen molar-refractivity contribution >= 4 is 11.4 Å². The van der Waals surface area contributed by atoms with Gasteiger partial charge in [-0.1, -0.05) is 17.3 Å². The first-order valence-electron chi connectivity index (χ1n) is 7.35. The summed E-state index contributed by atoms with van der Waals surface area (Å²) in [6.45, 7) is 0. The third kappa shape index (κ3) is 3.37. The van der Waals surface area contributed by atoms with E-state index in [1.807, 2.05) is 43.3 Å². The molecule has 1 N–H and O–H groups in total. The molecule has 0 heterocycles. The Balaban J connectivity index is 2.51. The molecule has 128 valence electrons. The normalized spacial score (nSPS) is 11.1. The average Bonchev–Trinajstić information content (AvgIpc) is 2.61. The van der Waals surface area contributed by atoms with Crippen molar-refractivity contribution < 1.29 is 19.4 Å². The van der Waals surface area contributed by atoms with Crippen LogP contribution in [0.2, 0.25) is 0 Å². The van der Waals surface area contributed by atoms with E-state index in [9.17, 15) is 5.21 Å². The van der Waals surface area contributed by atoms with Crippen molar-refractivity contribution in [3.05, 3.63) is 47.5 Å². The van der Waals surface area contributed by atoms with Gasteiger partial charge in [-0.3, -0.25) is 0 Å². The Bertz CT molecular complexity index is 699. The summed E-state index contributed by atoms with van der Waals surface area (Å²) in [5.41, 5.74) is 2.91. The van der Waals surface area contributed by atoms with Crippen LogP contribution in [0.1, 0.15) is 11.1 Å². The molecule has 0 fully saturated rings. The zero-order chi connectivity index (χ0) is 17.7. The molecule has 0 radical (unpaired) electrons. The van der Waals surface area contributed by atoms with Crippen molar-refractivity contribution in [2.24, 2.45) is 5.16 Å². The van der Waals surface area contributed by atoms with Crippen LogP contribution in [0.25, 0.3) is 0 Å². The maximum atomic E-state index is 9.53. The molecule has 0 saturated carbocycles. The average molecular weight is 330 g/mol. The summed E-state index contributed by atoms with van der Waals surface area (Å²) in [7, 11) is 8.57. The van der Waals surface area contributed by atoms with Gasteiger partial charge in [0.05, 0.1) is 21.3 Å². The predicted molar refractivity (Wildman–Crippen MR) is 94.3 cm³/mol. The Morgan fingerprint density at radius 1 is 0.875 bits per heavy atom. The van der Waals surface area contributed by atoms with Crippen LogP contribution in [0.5, 0.6) is 17.2 Å². The molecule has 6 heteroatoms. The number of rotatable bonds is 6. The lowest BCUT2D eigenvalue weighted by Gasteiger charge is -2.16. The third-order valence-corrected chi connectivity index (χ3v) is 3.70. The van der Waals surface area contributed by atoms with Crippen molar-refractivity contribution in [3.8, 4) is 17.2 Å². The number of hydrogen-bond donors (Lipinski definition) is 1. The number of methoxy groups -OCH3 is 3. The van der Waals surface area contributed by atoms with Crippen molar-refractivity contribution in [2.75, 3.05) is 40.3 Å². The van der Waals surface area contributed by atoms with Crippen LogP contribution in [-0.4, -0.2) is 46.3 Å². The Morgan fingerprint density at radius 2 is 1.42 bits per heavy atom. The third-order valence-electron chi connectivity index (χ3n) is 3.70. The smallest absolute Gasteiger partial charge is 0.203 e. The van der Waals surface area contributed by atoms with Gasteiger partial charge in [0.25, 0.3) is 0 Å². The van der Waals surface area contributed by atoms with Gasteiger partial charge in [0.15, 0.2) is 11.5 Å². The molecule has 0 atom stereocenters. The van der Waals surface area contributed by atoms with Gasteiger partial charge >= 0.3 is 0 Å². The Hall–Kier alpha value is -2.89. The SMILES string of the molecule is COc1cc(/C(=N/O)c2ccc(N(C)C)cc2)cc(OC)c1OC. The number of nitrogens with zero attached hydrogens (tertiary/aromatic N) is 2. The second-order valence-corrected chi connectivity index (χ2v) is 5.30. The molecule has 2 rings (SSSR count). The van der Waals surface area contributed by atoms with E-state index >= 15 is 0 Å². The van der Waals surface area contributed by atoms with Gasteiger partial charge in [-0.25, -0.2) is 0 Å². The van der Waals surface area contributed by atoms with Crippen LogP contribution in [0.15, 0.2) is 41.6 Å². The molecule has 0 bridgehead atoms. The van der Waals surface area contributed by atoms with Crippen LogP contribution in [0, 0.1) is 0 Å². The highest BCUT2D eigenvalue weighted by molar-refractivity contribution is 6.13. The Labute approximate surface area is 141 Å². The van der Waals surface area contributed by atoms with Crippen LogP contribution in [-0.2, 0) is 0 Å². The quantitative estimate of drug-likeness (QED) is 0.501. The van der Waals surface area contributed by atoms with Gasteiger partial charge in [-0.05, 0) is 24.3 Å². The summed E-state index contributed by atoms with van der Waals surface area (Å²) in [4.78, 5) is 2.00. The highest BCUT2D eigenvalue weighted by Gasteiger charge is 2.17. The van der Waals surface area contributed by atoms with E-state index in [1.54, 1.807) is 33.5 Å². The number of anilines is 1. The maximum Gasteiger partial charge on any atom is 0.203 e. The van der Waals surface area contributed by atoms with Crippen molar-refractivity contribution in [2.45, 2.75) is 0 Å². The van der Waals surface area contributed by atoms with Crippen molar-refractivity contribution in [1.29, 1.82) is 0 Å². The van der Waals surface area contributed by atoms with E-state index in [1.165, 1.54) is 0 Å². The molecule has 0 aliphatic carbocycles. The zero-order valence-electron chi connectivity index (χ0n) is 14.5. The number of hydrogen-bond acceptors (Lipinski definition) is 6. The molecule has 2 aromatic carbocycles. The summed E-state index contributed by atoms with van der Waals surface area (Å²) in [6, 6.07) is 11.2. The van der Waals surface area contributed by atoms with Gasteiger partial charge < -0.3 is 24.3 Å². The van der Waals surface area contributed by atoms with Crippen LogP contribution < -0.4 is 19.1 Å². The first kappa shape index (κ1) is 17.5. The fourth-order valence-electron chi connectivity index (χ4n) is 2.42. The maximum absolute atomic E-state index is 9.53. The first-order chi connectivity index (χ1) is 11.5. The van der Waals surface area contributed by atoms with Crippen LogP contribution in [0.3, 0.4) is 0 Å². The van der Waals surface area contributed by atoms with Gasteiger partial charge in [0.2, 0.25) is 5.75 Å². The molecule has 24 heavy (non-hydrogen) atoms. The second kappa shape index (κ2) is 7.59. The largest absolute Gasteiger partial charge is 0.493 e. The first-order valence-corrected chi connectivity index (χ1v) is 7.35. The van der Waals surface area contributed by atoms with Crippen LogP contribution >= 0.6 is 0 Å². The summed E-state index contributed by atoms with van der Waals surface area (Å²) in [5, 5.41) is 13.0. The fraction of sp³-hybridized carbons (Fsp3) is 0.278. The molecule has 0 amide bonds. The lowest BCUT2D eigenvalue weighted by molar-refractivity contribution is 0.318. The minimum atomic E-state index is 0.416. The number of oxime groups is 1. The minimum absolute atomic E-state index is 0.416. The Kier molecular flexibility index (Phi) is 5.52. The lowest BCUT2D eigenvalue weighted by atomic mass is 10.0. The fourth-order valence-corrected chi connectivity index (χ4v) is 2.42. The summed E-state index contributed by atoms with van der Waals surface area (Å²) in [5.74, 6) is 1.49. The number of ether oxygens (including phenoxy) is 3. The molecule has 0 saturated heterocycles. The molecule has 6 nitrogen and oxygen atoms in total. The van der Waals surface area contributed by atoms with E-state index in [2.05, 4.69) is 5.16 Å². The molecule has 0 unspecified atom stereocenters. The number of benzene rings is 2. The monoisotopic (exact) mass is 330 g/mol. The van der Waals surface area contributed by atoms with Gasteiger partial charge in [-0.2, -0.15) is 0 Å². The van der Waals surface area contributed by atoms with Gasteiger partial charge in [-0.15, -0.1) is 0 Å². The highest BCUT2D eigenvalue weighted by Crippen LogP contribution is 2.38. The van der Waals surface area contributed by atoms with Crippen molar-refractivity contribution in [3.63, 3.8) is 0 Å². The van der Waals surface area contributed by atoms with E-state index < -0.39 is 0 Å². The van der Waals surface area contributed by atoms with Crippen molar-refractivity contribution in [1.82, 2.24) is 0 Å². The Morgan fingerprint density at radius 3 is 1.79 bits per heavy atom. The topological polar surface area (TPSA) is 63.5 Å². The van der Waals surface area contributed by atoms with E-state index in [0.717, 1.165) is 11.3 Å². The molecule has 0 aliphatic heterocycles. The molecule has 0 aliphatic rings. The molecule has 2 aromatic rings. The van der Waals surface area contributed by atoms with E-state index in [4.69, 9.17) is 14.2 Å². The standard InChI is InChI=1S/C18H22N2O4/c1-20(2)14-8-6-12(7-9-14)17(19-21)13-10-15(22-3)18(24-5)16(11-13)23-4/h6-11,21H,1-5H3/b19-17+. The molecular formula is C18H22N2O4. The zero-order valence-corrected chi connectivity index (χ0v) is 14.5. The van der Waals surface area contributed by atoms with E-state index in [0.29, 0.717) is 28.5 Å². The minimum Gasteiger partial charge on any atom is -0.493 e. The summed E-state index contributed by atoms with van der Waals surface area (Å²) < 4.78 is 16.0. The second-order valence-electron chi connectivity index (χ2n) is 5.30. The molecule has 0 aromatic heterocycles. The van der Waals surface area contributed by atoms with E-state index in [-0.39, 0.29) is 0 Å². The predicted octanol–water partition coefficient (Wildman–Crippen LogP) is 3.01. The summed E-state index contributed by atoms with van der Waals surface area (Å²) >= 11 is 0. The highest BCUT2D eigenvalue weighted by atomic mass is 16.5. The van der Waals surface area contributed by atoms with Gasteiger partial charge in [0, 0.05) is 30.9 Å².